The topological polar surface area (TPSA) is 57.1 Å². The standard InChI is InChI=1S/C20H16Cl2INO4/c1-10(2)27-18-15(23)6-11(8-17(18)26-3)7-16-20(25)28-19(24-16)12-4-5-13(21)14(22)9-12/h4-10H,1-3H3/b16-7-. The highest BCUT2D eigenvalue weighted by molar-refractivity contribution is 14.1. The molecular formula is C20H16Cl2INO4. The minimum absolute atomic E-state index is 0.00906. The van der Waals surface area contributed by atoms with Crippen LogP contribution in [0.5, 0.6) is 11.5 Å². The number of ether oxygens (including phenoxy) is 3. The van der Waals surface area contributed by atoms with E-state index in [1.165, 1.54) is 0 Å². The summed E-state index contributed by atoms with van der Waals surface area (Å²) in [5, 5.41) is 0.770. The van der Waals surface area contributed by atoms with Crippen molar-refractivity contribution in [2.45, 2.75) is 20.0 Å². The molecule has 3 rings (SSSR count). The highest BCUT2D eigenvalue weighted by atomic mass is 127. The number of halogens is 3. The van der Waals surface area contributed by atoms with Crippen LogP contribution in [0, 0.1) is 3.57 Å². The minimum atomic E-state index is -0.544. The van der Waals surface area contributed by atoms with E-state index in [-0.39, 0.29) is 17.7 Å². The number of nitrogens with zero attached hydrogens (tertiary/aromatic N) is 1. The van der Waals surface area contributed by atoms with Crippen molar-refractivity contribution in [2.75, 3.05) is 7.11 Å². The van der Waals surface area contributed by atoms with Crippen molar-refractivity contribution >= 4 is 63.7 Å². The van der Waals surface area contributed by atoms with Crippen LogP contribution in [-0.2, 0) is 9.53 Å². The Balaban J connectivity index is 1.96. The van der Waals surface area contributed by atoms with Crippen molar-refractivity contribution in [3.8, 4) is 11.5 Å². The van der Waals surface area contributed by atoms with Crippen molar-refractivity contribution in [2.24, 2.45) is 4.99 Å². The molecular weight excluding hydrogens is 516 g/mol. The zero-order valence-electron chi connectivity index (χ0n) is 15.3. The van der Waals surface area contributed by atoms with Crippen molar-refractivity contribution in [1.29, 1.82) is 0 Å². The summed E-state index contributed by atoms with van der Waals surface area (Å²) in [7, 11) is 1.57. The first-order valence-corrected chi connectivity index (χ1v) is 10.1. The number of carbonyl (C=O) groups is 1. The summed E-state index contributed by atoms with van der Waals surface area (Å²) < 4.78 is 17.4. The van der Waals surface area contributed by atoms with Gasteiger partial charge in [-0.25, -0.2) is 9.79 Å². The Bertz CT molecular complexity index is 1000. The lowest BCUT2D eigenvalue weighted by Crippen LogP contribution is -2.08. The molecule has 0 unspecified atom stereocenters. The zero-order chi connectivity index (χ0) is 20.4. The number of aliphatic imine (C=N–C) groups is 1. The molecule has 0 saturated carbocycles. The average Bonchev–Trinajstić information content (AvgIpc) is 2.99. The lowest BCUT2D eigenvalue weighted by molar-refractivity contribution is -0.129. The number of benzene rings is 2. The van der Waals surface area contributed by atoms with Crippen LogP contribution < -0.4 is 9.47 Å². The van der Waals surface area contributed by atoms with E-state index in [9.17, 15) is 4.79 Å². The molecule has 146 valence electrons. The van der Waals surface area contributed by atoms with Gasteiger partial charge in [0, 0.05) is 5.56 Å². The lowest BCUT2D eigenvalue weighted by Gasteiger charge is -2.15. The van der Waals surface area contributed by atoms with Gasteiger partial charge in [0.2, 0.25) is 5.90 Å². The molecule has 0 amide bonds. The maximum absolute atomic E-state index is 12.2. The molecule has 0 fully saturated rings. The summed E-state index contributed by atoms with van der Waals surface area (Å²) in [5.41, 5.74) is 1.49. The third-order valence-corrected chi connectivity index (χ3v) is 5.24. The van der Waals surface area contributed by atoms with E-state index in [1.54, 1.807) is 37.5 Å². The van der Waals surface area contributed by atoms with Crippen LogP contribution in [0.15, 0.2) is 41.0 Å². The Morgan fingerprint density at radius 1 is 1.18 bits per heavy atom. The summed E-state index contributed by atoms with van der Waals surface area (Å²) in [5.74, 6) is 0.871. The number of rotatable bonds is 5. The molecule has 8 heteroatoms. The second-order valence-electron chi connectivity index (χ2n) is 6.17. The van der Waals surface area contributed by atoms with Crippen LogP contribution in [0.4, 0.5) is 0 Å². The fourth-order valence-electron chi connectivity index (χ4n) is 2.49. The van der Waals surface area contributed by atoms with Gasteiger partial charge in [-0.15, -0.1) is 0 Å². The van der Waals surface area contributed by atoms with E-state index in [0.717, 1.165) is 9.13 Å². The molecule has 5 nitrogen and oxygen atoms in total. The molecule has 0 bridgehead atoms. The van der Waals surface area contributed by atoms with Gasteiger partial charge in [-0.3, -0.25) is 0 Å². The summed E-state index contributed by atoms with van der Waals surface area (Å²) in [6, 6.07) is 8.58. The van der Waals surface area contributed by atoms with Gasteiger partial charge in [-0.1, -0.05) is 23.2 Å². The third kappa shape index (κ3) is 4.61. The van der Waals surface area contributed by atoms with E-state index in [4.69, 9.17) is 37.4 Å². The number of hydrogen-bond acceptors (Lipinski definition) is 5. The van der Waals surface area contributed by atoms with Gasteiger partial charge in [-0.2, -0.15) is 0 Å². The molecule has 2 aromatic rings. The van der Waals surface area contributed by atoms with E-state index in [1.807, 2.05) is 19.9 Å². The van der Waals surface area contributed by atoms with Crippen molar-refractivity contribution in [3.05, 3.63) is 60.8 Å². The molecule has 2 aromatic carbocycles. The Morgan fingerprint density at radius 2 is 1.93 bits per heavy atom. The number of methoxy groups -OCH3 is 1. The molecule has 0 N–H and O–H groups in total. The van der Waals surface area contributed by atoms with Gasteiger partial charge in [0.1, 0.15) is 0 Å². The summed E-state index contributed by atoms with van der Waals surface area (Å²) in [4.78, 5) is 16.5. The summed E-state index contributed by atoms with van der Waals surface area (Å²) in [6.07, 6.45) is 1.64. The molecule has 0 aliphatic carbocycles. The quantitative estimate of drug-likeness (QED) is 0.280. The molecule has 0 spiro atoms. The largest absolute Gasteiger partial charge is 0.493 e. The Morgan fingerprint density at radius 3 is 2.57 bits per heavy atom. The highest BCUT2D eigenvalue weighted by Gasteiger charge is 2.25. The van der Waals surface area contributed by atoms with Crippen LogP contribution in [0.2, 0.25) is 10.0 Å². The van der Waals surface area contributed by atoms with E-state index in [0.29, 0.717) is 27.1 Å². The first kappa shape index (κ1) is 21.0. The summed E-state index contributed by atoms with van der Waals surface area (Å²) in [6.45, 7) is 3.89. The average molecular weight is 532 g/mol. The van der Waals surface area contributed by atoms with E-state index in [2.05, 4.69) is 27.6 Å². The van der Waals surface area contributed by atoms with Crippen molar-refractivity contribution in [3.63, 3.8) is 0 Å². The maximum atomic E-state index is 12.2. The molecule has 0 aromatic heterocycles. The first-order valence-electron chi connectivity index (χ1n) is 8.30. The van der Waals surface area contributed by atoms with Crippen molar-refractivity contribution in [1.82, 2.24) is 0 Å². The Hall–Kier alpha value is -1.77. The van der Waals surface area contributed by atoms with Crippen LogP contribution in [-0.4, -0.2) is 25.1 Å². The molecule has 1 aliphatic rings. The molecule has 28 heavy (non-hydrogen) atoms. The Kier molecular flexibility index (Phi) is 6.52. The van der Waals surface area contributed by atoms with Crippen LogP contribution in [0.3, 0.4) is 0 Å². The molecule has 1 heterocycles. The molecule has 0 radical (unpaired) electrons. The van der Waals surface area contributed by atoms with Gasteiger partial charge in [0.05, 0.1) is 26.8 Å². The fourth-order valence-corrected chi connectivity index (χ4v) is 3.54. The smallest absolute Gasteiger partial charge is 0.363 e. The van der Waals surface area contributed by atoms with Gasteiger partial charge in [0.25, 0.3) is 0 Å². The maximum Gasteiger partial charge on any atom is 0.363 e. The highest BCUT2D eigenvalue weighted by Crippen LogP contribution is 2.35. The fraction of sp³-hybridized carbons (Fsp3) is 0.200. The molecule has 0 saturated heterocycles. The third-order valence-electron chi connectivity index (χ3n) is 3.70. The Labute approximate surface area is 186 Å². The number of carbonyl (C=O) groups excluding carboxylic acids is 1. The van der Waals surface area contributed by atoms with E-state index < -0.39 is 5.97 Å². The van der Waals surface area contributed by atoms with Crippen LogP contribution in [0.1, 0.15) is 25.0 Å². The normalized spacial score (nSPS) is 15.0. The monoisotopic (exact) mass is 531 g/mol. The second-order valence-corrected chi connectivity index (χ2v) is 8.14. The van der Waals surface area contributed by atoms with Gasteiger partial charge < -0.3 is 14.2 Å². The number of hydrogen-bond donors (Lipinski definition) is 0. The number of cyclic esters (lactones) is 1. The van der Waals surface area contributed by atoms with Crippen molar-refractivity contribution < 1.29 is 19.0 Å². The second kappa shape index (κ2) is 8.71. The predicted molar refractivity (Wildman–Crippen MR) is 119 cm³/mol. The molecule has 0 atom stereocenters. The lowest BCUT2D eigenvalue weighted by atomic mass is 10.1. The van der Waals surface area contributed by atoms with Gasteiger partial charge in [0.15, 0.2) is 17.2 Å². The molecule has 1 aliphatic heterocycles. The minimum Gasteiger partial charge on any atom is -0.493 e. The van der Waals surface area contributed by atoms with Crippen LogP contribution in [0.25, 0.3) is 6.08 Å². The summed E-state index contributed by atoms with van der Waals surface area (Å²) >= 11 is 14.1. The predicted octanol–water partition coefficient (Wildman–Crippen LogP) is 5.74. The van der Waals surface area contributed by atoms with E-state index >= 15 is 0 Å². The zero-order valence-corrected chi connectivity index (χ0v) is 18.9. The SMILES string of the molecule is COc1cc(/C=C2\N=C(c3ccc(Cl)c(Cl)c3)OC2=O)cc(I)c1OC(C)C. The van der Waals surface area contributed by atoms with Gasteiger partial charge >= 0.3 is 5.97 Å². The first-order chi connectivity index (χ1) is 13.3. The van der Waals surface area contributed by atoms with Gasteiger partial charge in [-0.05, 0) is 78.4 Å². The van der Waals surface area contributed by atoms with Crippen LogP contribution >= 0.6 is 45.8 Å². The number of esters is 1.